The second-order valence-electron chi connectivity index (χ2n) is 3.80. The smallest absolute Gasteiger partial charge is 0.325 e. The molecule has 0 radical (unpaired) electrons. The van der Waals surface area contributed by atoms with E-state index in [2.05, 4.69) is 5.32 Å². The van der Waals surface area contributed by atoms with Crippen molar-refractivity contribution in [2.24, 2.45) is 0 Å². The number of carbonyl (C=O) groups is 2. The van der Waals surface area contributed by atoms with E-state index in [-0.39, 0.29) is 24.5 Å². The summed E-state index contributed by atoms with van der Waals surface area (Å²) in [4.78, 5) is 21.5. The summed E-state index contributed by atoms with van der Waals surface area (Å²) in [5.74, 6) is -2.09. The molecule has 0 fully saturated rings. The van der Waals surface area contributed by atoms with Crippen molar-refractivity contribution in [2.75, 3.05) is 13.7 Å². The van der Waals surface area contributed by atoms with Crippen LogP contribution in [0.4, 0.5) is 0 Å². The van der Waals surface area contributed by atoms with Gasteiger partial charge in [-0.25, -0.2) is 0 Å². The highest BCUT2D eigenvalue weighted by Crippen LogP contribution is 2.29. The molecule has 19 heavy (non-hydrogen) atoms. The van der Waals surface area contributed by atoms with Crippen LogP contribution in [0, 0.1) is 0 Å². The number of nitrogens with one attached hydrogen (secondary N) is 1. The first kappa shape index (κ1) is 14.8. The predicted molar refractivity (Wildman–Crippen MR) is 65.3 cm³/mol. The van der Waals surface area contributed by atoms with Crippen molar-refractivity contribution in [3.05, 3.63) is 23.8 Å². The minimum absolute atomic E-state index is 0.0233. The van der Waals surface area contributed by atoms with Crippen LogP contribution >= 0.6 is 0 Å². The van der Waals surface area contributed by atoms with Gasteiger partial charge < -0.3 is 25.4 Å². The Kier molecular flexibility index (Phi) is 5.13. The lowest BCUT2D eigenvalue weighted by Crippen LogP contribution is -2.30. The first-order chi connectivity index (χ1) is 8.95. The molecule has 0 saturated carbocycles. The summed E-state index contributed by atoms with van der Waals surface area (Å²) in [6.07, 6.45) is -0.182. The van der Waals surface area contributed by atoms with Gasteiger partial charge in [-0.2, -0.15) is 0 Å². The van der Waals surface area contributed by atoms with Crippen molar-refractivity contribution in [2.45, 2.75) is 12.5 Å². The number of hydrogen-bond acceptors (Lipinski definition) is 5. The summed E-state index contributed by atoms with van der Waals surface area (Å²) < 4.78 is 4.89. The van der Waals surface area contributed by atoms with E-state index < -0.39 is 18.0 Å². The van der Waals surface area contributed by atoms with Gasteiger partial charge in [-0.15, -0.1) is 0 Å². The van der Waals surface area contributed by atoms with E-state index in [1.807, 2.05) is 0 Å². The molecule has 0 amide bonds. The summed E-state index contributed by atoms with van der Waals surface area (Å²) in [5.41, 5.74) is 0.368. The first-order valence-corrected chi connectivity index (χ1v) is 5.50. The molecule has 7 heteroatoms. The summed E-state index contributed by atoms with van der Waals surface area (Å²) in [6.45, 7) is 0.0233. The van der Waals surface area contributed by atoms with Gasteiger partial charge in [0.1, 0.15) is 6.04 Å². The molecule has 0 aliphatic heterocycles. The molecule has 0 bridgehead atoms. The van der Waals surface area contributed by atoms with Gasteiger partial charge in [0.15, 0.2) is 11.5 Å². The fourth-order valence-electron chi connectivity index (χ4n) is 1.54. The van der Waals surface area contributed by atoms with Crippen LogP contribution in [0.25, 0.3) is 0 Å². The number of methoxy groups -OCH3 is 1. The van der Waals surface area contributed by atoms with E-state index in [1.54, 1.807) is 0 Å². The number of hydrogen-bond donors (Lipinski definition) is 4. The maximum Gasteiger partial charge on any atom is 0.325 e. The fraction of sp³-hybridized carbons (Fsp3) is 0.333. The highest BCUT2D eigenvalue weighted by molar-refractivity contribution is 5.76. The third kappa shape index (κ3) is 4.14. The van der Waals surface area contributed by atoms with Crippen LogP contribution in [0.3, 0.4) is 0 Å². The number of carboxylic acids is 2. The molecule has 1 aromatic carbocycles. The molecule has 0 aromatic heterocycles. The maximum absolute atomic E-state index is 11.1. The Bertz CT molecular complexity index is 473. The van der Waals surface area contributed by atoms with E-state index in [0.717, 1.165) is 0 Å². The Balaban J connectivity index is 2.86. The number of phenols is 1. The first-order valence-electron chi connectivity index (χ1n) is 5.50. The molecule has 0 saturated heterocycles. The lowest BCUT2D eigenvalue weighted by atomic mass is 10.1. The maximum atomic E-state index is 11.1. The Morgan fingerprint density at radius 3 is 2.58 bits per heavy atom. The van der Waals surface area contributed by atoms with Gasteiger partial charge in [0, 0.05) is 6.54 Å². The van der Waals surface area contributed by atoms with Crippen LogP contribution in [-0.2, 0) is 9.59 Å². The van der Waals surface area contributed by atoms with E-state index in [0.29, 0.717) is 5.56 Å². The average Bonchev–Trinajstić information content (AvgIpc) is 2.35. The van der Waals surface area contributed by atoms with E-state index in [4.69, 9.17) is 14.9 Å². The van der Waals surface area contributed by atoms with Crippen LogP contribution < -0.4 is 10.1 Å². The molecule has 1 unspecified atom stereocenters. The van der Waals surface area contributed by atoms with Crippen LogP contribution in [0.15, 0.2) is 18.2 Å². The Morgan fingerprint density at radius 1 is 1.37 bits per heavy atom. The van der Waals surface area contributed by atoms with E-state index in [9.17, 15) is 14.7 Å². The fourth-order valence-corrected chi connectivity index (χ4v) is 1.54. The Hall–Kier alpha value is -2.28. The Labute approximate surface area is 109 Å². The molecular weight excluding hydrogens is 254 g/mol. The molecule has 7 nitrogen and oxygen atoms in total. The predicted octanol–water partition coefficient (Wildman–Crippen LogP) is 0.591. The summed E-state index contributed by atoms with van der Waals surface area (Å²) in [7, 11) is 1.35. The second-order valence-corrected chi connectivity index (χ2v) is 3.80. The van der Waals surface area contributed by atoms with Gasteiger partial charge in [0.25, 0.3) is 0 Å². The zero-order chi connectivity index (χ0) is 14.4. The van der Waals surface area contributed by atoms with Gasteiger partial charge in [0.05, 0.1) is 13.5 Å². The molecule has 1 aromatic rings. The number of phenolic OH excluding ortho intramolecular Hbond substituents is 1. The number of benzene rings is 1. The lowest BCUT2D eigenvalue weighted by Gasteiger charge is -2.15. The van der Waals surface area contributed by atoms with Crippen LogP contribution in [0.1, 0.15) is 18.0 Å². The van der Waals surface area contributed by atoms with Gasteiger partial charge in [-0.3, -0.25) is 9.59 Å². The third-order valence-electron chi connectivity index (χ3n) is 2.47. The number of carboxylic acid groups (broad SMARTS) is 2. The highest BCUT2D eigenvalue weighted by atomic mass is 16.5. The van der Waals surface area contributed by atoms with Crippen molar-refractivity contribution >= 4 is 11.9 Å². The lowest BCUT2D eigenvalue weighted by molar-refractivity contribution is -0.141. The standard InChI is InChI=1S/C12H15NO6/c1-19-9-6-7(2-3-8(9)14)11(12(17)18)13-5-4-10(15)16/h2-3,6,11,13-14H,4-5H2,1H3,(H,15,16)(H,17,18). The quantitative estimate of drug-likeness (QED) is 0.572. The van der Waals surface area contributed by atoms with Crippen LogP contribution in [0.2, 0.25) is 0 Å². The van der Waals surface area contributed by atoms with Gasteiger partial charge in [-0.05, 0) is 17.7 Å². The largest absolute Gasteiger partial charge is 0.504 e. The molecule has 0 aliphatic rings. The number of ether oxygens (including phenoxy) is 1. The zero-order valence-electron chi connectivity index (χ0n) is 10.3. The number of aromatic hydroxyl groups is 1. The van der Waals surface area contributed by atoms with E-state index in [1.165, 1.54) is 25.3 Å². The zero-order valence-corrected chi connectivity index (χ0v) is 10.3. The van der Waals surface area contributed by atoms with Gasteiger partial charge in [0.2, 0.25) is 0 Å². The molecule has 104 valence electrons. The summed E-state index contributed by atoms with van der Waals surface area (Å²) in [6, 6.07) is 3.09. The minimum Gasteiger partial charge on any atom is -0.504 e. The topological polar surface area (TPSA) is 116 Å². The van der Waals surface area contributed by atoms with Crippen molar-refractivity contribution in [1.29, 1.82) is 0 Å². The van der Waals surface area contributed by atoms with Crippen molar-refractivity contribution in [1.82, 2.24) is 5.32 Å². The second kappa shape index (κ2) is 6.60. The van der Waals surface area contributed by atoms with Crippen molar-refractivity contribution < 1.29 is 29.6 Å². The highest BCUT2D eigenvalue weighted by Gasteiger charge is 2.20. The van der Waals surface area contributed by atoms with Crippen LogP contribution in [-0.4, -0.2) is 40.9 Å². The number of aliphatic carboxylic acids is 2. The van der Waals surface area contributed by atoms with Gasteiger partial charge in [-0.1, -0.05) is 6.07 Å². The minimum atomic E-state index is -1.14. The molecular formula is C12H15NO6. The molecule has 1 atom stereocenters. The van der Waals surface area contributed by atoms with Crippen molar-refractivity contribution in [3.8, 4) is 11.5 Å². The third-order valence-corrected chi connectivity index (χ3v) is 2.47. The molecule has 4 N–H and O–H groups in total. The number of rotatable bonds is 7. The normalized spacial score (nSPS) is 11.8. The summed E-state index contributed by atoms with van der Waals surface area (Å²) in [5, 5.41) is 29.7. The molecule has 0 spiro atoms. The molecule has 1 rings (SSSR count). The van der Waals surface area contributed by atoms with Gasteiger partial charge >= 0.3 is 11.9 Å². The molecule has 0 aliphatic carbocycles. The SMILES string of the molecule is COc1cc(C(NCCC(=O)O)C(=O)O)ccc1O. The van der Waals surface area contributed by atoms with Crippen molar-refractivity contribution in [3.63, 3.8) is 0 Å². The average molecular weight is 269 g/mol. The van der Waals surface area contributed by atoms with Crippen LogP contribution in [0.5, 0.6) is 11.5 Å². The Morgan fingerprint density at radius 2 is 2.05 bits per heavy atom. The summed E-state index contributed by atoms with van der Waals surface area (Å²) >= 11 is 0. The molecule has 0 heterocycles. The monoisotopic (exact) mass is 269 g/mol. The van der Waals surface area contributed by atoms with E-state index >= 15 is 0 Å².